The van der Waals surface area contributed by atoms with Gasteiger partial charge in [-0.05, 0) is 68.6 Å². The summed E-state index contributed by atoms with van der Waals surface area (Å²) in [5, 5.41) is 5.86. The van der Waals surface area contributed by atoms with Gasteiger partial charge in [0.25, 0.3) is 5.91 Å². The van der Waals surface area contributed by atoms with Crippen molar-refractivity contribution in [3.05, 3.63) is 59.9 Å². The molecule has 0 saturated carbocycles. The molecule has 4 rings (SSSR count). The number of halogens is 1. The highest BCUT2D eigenvalue weighted by Crippen LogP contribution is 2.28. The third-order valence-electron chi connectivity index (χ3n) is 6.37. The van der Waals surface area contributed by atoms with Crippen LogP contribution in [0.25, 0.3) is 0 Å². The molecule has 2 aromatic rings. The molecule has 2 aliphatic rings. The Kier molecular flexibility index (Phi) is 7.42. The van der Waals surface area contributed by atoms with Crippen molar-refractivity contribution < 1.29 is 14.0 Å². The first-order valence-electron chi connectivity index (χ1n) is 11.7. The zero-order valence-corrected chi connectivity index (χ0v) is 19.2. The van der Waals surface area contributed by atoms with Crippen LogP contribution in [0.4, 0.5) is 21.7 Å². The van der Waals surface area contributed by atoms with E-state index >= 15 is 0 Å². The average Bonchev–Trinajstić information content (AvgIpc) is 3.52. The SMILES string of the molecule is C=CC(=O)NC1CCN(c2nc(Nc3ccc(CCN4CCCC4)cc3)c(F)cc2C(N)=O)C1. The number of primary amides is 1. The fourth-order valence-electron chi connectivity index (χ4n) is 4.50. The molecular formula is C25H31FN6O2. The summed E-state index contributed by atoms with van der Waals surface area (Å²) < 4.78 is 14.8. The summed E-state index contributed by atoms with van der Waals surface area (Å²) in [6, 6.07) is 8.86. The van der Waals surface area contributed by atoms with E-state index in [1.807, 2.05) is 29.2 Å². The van der Waals surface area contributed by atoms with Crippen LogP contribution in [0.15, 0.2) is 43.0 Å². The van der Waals surface area contributed by atoms with Crippen molar-refractivity contribution in [2.45, 2.75) is 31.7 Å². The van der Waals surface area contributed by atoms with Crippen molar-refractivity contribution in [2.75, 3.05) is 42.9 Å². The summed E-state index contributed by atoms with van der Waals surface area (Å²) in [6.07, 6.45) is 5.41. The Morgan fingerprint density at radius 2 is 1.94 bits per heavy atom. The van der Waals surface area contributed by atoms with E-state index < -0.39 is 11.7 Å². The molecule has 8 nitrogen and oxygen atoms in total. The molecule has 0 spiro atoms. The minimum Gasteiger partial charge on any atom is -0.365 e. The molecule has 34 heavy (non-hydrogen) atoms. The van der Waals surface area contributed by atoms with Crippen molar-refractivity contribution >= 4 is 29.1 Å². The van der Waals surface area contributed by atoms with E-state index in [0.29, 0.717) is 31.0 Å². The van der Waals surface area contributed by atoms with E-state index in [1.165, 1.54) is 37.6 Å². The number of benzene rings is 1. The fraction of sp³-hybridized carbons (Fsp3) is 0.400. The van der Waals surface area contributed by atoms with E-state index in [2.05, 4.69) is 27.1 Å². The number of carbonyl (C=O) groups excluding carboxylic acids is 2. The second kappa shape index (κ2) is 10.6. The topological polar surface area (TPSA) is 104 Å². The third-order valence-corrected chi connectivity index (χ3v) is 6.37. The van der Waals surface area contributed by atoms with Gasteiger partial charge in [0, 0.05) is 31.4 Å². The first-order valence-corrected chi connectivity index (χ1v) is 11.7. The molecule has 9 heteroatoms. The number of hydrogen-bond donors (Lipinski definition) is 3. The van der Waals surface area contributed by atoms with Crippen LogP contribution < -0.4 is 21.3 Å². The lowest BCUT2D eigenvalue weighted by Crippen LogP contribution is -2.36. The maximum atomic E-state index is 14.8. The molecule has 4 N–H and O–H groups in total. The summed E-state index contributed by atoms with van der Waals surface area (Å²) in [6.45, 7) is 7.84. The number of rotatable bonds is 9. The lowest BCUT2D eigenvalue weighted by molar-refractivity contribution is -0.117. The molecule has 2 saturated heterocycles. The Balaban J connectivity index is 1.47. The van der Waals surface area contributed by atoms with Crippen LogP contribution in [-0.4, -0.2) is 60.5 Å². The number of anilines is 3. The van der Waals surface area contributed by atoms with Crippen LogP contribution in [0, 0.1) is 5.82 Å². The first-order chi connectivity index (χ1) is 16.4. The van der Waals surface area contributed by atoms with E-state index in [-0.39, 0.29) is 23.3 Å². The van der Waals surface area contributed by atoms with Gasteiger partial charge in [-0.3, -0.25) is 9.59 Å². The summed E-state index contributed by atoms with van der Waals surface area (Å²) in [5.74, 6) is -1.36. The maximum absolute atomic E-state index is 14.8. The number of aromatic nitrogens is 1. The molecule has 1 aromatic heterocycles. The van der Waals surface area contributed by atoms with Crippen molar-refractivity contribution in [1.82, 2.24) is 15.2 Å². The van der Waals surface area contributed by atoms with Crippen LogP contribution in [0.2, 0.25) is 0 Å². The summed E-state index contributed by atoms with van der Waals surface area (Å²) in [7, 11) is 0. The lowest BCUT2D eigenvalue weighted by atomic mass is 10.1. The molecular weight excluding hydrogens is 435 g/mol. The highest BCUT2D eigenvalue weighted by atomic mass is 19.1. The van der Waals surface area contributed by atoms with Crippen molar-refractivity contribution in [3.63, 3.8) is 0 Å². The smallest absolute Gasteiger partial charge is 0.252 e. The van der Waals surface area contributed by atoms with Gasteiger partial charge in [-0.25, -0.2) is 9.37 Å². The summed E-state index contributed by atoms with van der Waals surface area (Å²) in [5.41, 5.74) is 7.44. The van der Waals surface area contributed by atoms with E-state index in [9.17, 15) is 14.0 Å². The van der Waals surface area contributed by atoms with Gasteiger partial charge in [0.15, 0.2) is 11.6 Å². The molecule has 180 valence electrons. The Hall–Kier alpha value is -3.46. The molecule has 1 aromatic carbocycles. The molecule has 3 heterocycles. The van der Waals surface area contributed by atoms with Gasteiger partial charge in [-0.15, -0.1) is 0 Å². The Morgan fingerprint density at radius 1 is 1.21 bits per heavy atom. The number of nitrogens with one attached hydrogen (secondary N) is 2. The Bertz CT molecular complexity index is 1050. The monoisotopic (exact) mass is 466 g/mol. The standard InChI is InChI=1S/C25H31FN6O2/c1-2-22(33)28-19-10-14-32(16-19)25-20(23(27)34)15-21(26)24(30-25)29-18-7-5-17(6-8-18)9-13-31-11-3-4-12-31/h2,5-8,15,19H,1,3-4,9-14,16H2,(H2,27,34)(H,28,33)(H,29,30). The average molecular weight is 467 g/mol. The van der Waals surface area contributed by atoms with Crippen LogP contribution in [-0.2, 0) is 11.2 Å². The number of likely N-dealkylation sites (tertiary alicyclic amines) is 1. The minimum absolute atomic E-state index is 0.0102. The predicted molar refractivity (Wildman–Crippen MR) is 131 cm³/mol. The zero-order chi connectivity index (χ0) is 24.1. The largest absolute Gasteiger partial charge is 0.365 e. The molecule has 0 aliphatic carbocycles. The number of carbonyl (C=O) groups is 2. The molecule has 2 fully saturated rings. The van der Waals surface area contributed by atoms with E-state index in [1.54, 1.807) is 0 Å². The van der Waals surface area contributed by atoms with E-state index in [0.717, 1.165) is 19.0 Å². The molecule has 0 bridgehead atoms. The Morgan fingerprint density at radius 3 is 2.62 bits per heavy atom. The second-order valence-corrected chi connectivity index (χ2v) is 8.82. The number of nitrogens with zero attached hydrogens (tertiary/aromatic N) is 3. The van der Waals surface area contributed by atoms with Gasteiger partial charge in [0.05, 0.1) is 5.56 Å². The van der Waals surface area contributed by atoms with Crippen LogP contribution in [0.5, 0.6) is 0 Å². The third kappa shape index (κ3) is 5.72. The zero-order valence-electron chi connectivity index (χ0n) is 19.2. The number of hydrogen-bond acceptors (Lipinski definition) is 6. The van der Waals surface area contributed by atoms with Crippen molar-refractivity contribution in [3.8, 4) is 0 Å². The van der Waals surface area contributed by atoms with Gasteiger partial charge < -0.3 is 26.2 Å². The van der Waals surface area contributed by atoms with Crippen molar-refractivity contribution in [1.29, 1.82) is 0 Å². The Labute approximate surface area is 199 Å². The van der Waals surface area contributed by atoms with Crippen LogP contribution in [0.1, 0.15) is 35.2 Å². The lowest BCUT2D eigenvalue weighted by Gasteiger charge is -2.21. The van der Waals surface area contributed by atoms with Gasteiger partial charge in [-0.1, -0.05) is 18.7 Å². The van der Waals surface area contributed by atoms with Gasteiger partial charge in [0.1, 0.15) is 5.82 Å². The summed E-state index contributed by atoms with van der Waals surface area (Å²) in [4.78, 5) is 32.3. The number of amides is 2. The normalized spacial score (nSPS) is 18.1. The van der Waals surface area contributed by atoms with E-state index in [4.69, 9.17) is 5.73 Å². The predicted octanol–water partition coefficient (Wildman–Crippen LogP) is 2.58. The van der Waals surface area contributed by atoms with Gasteiger partial charge >= 0.3 is 0 Å². The van der Waals surface area contributed by atoms with Crippen LogP contribution in [0.3, 0.4) is 0 Å². The quantitative estimate of drug-likeness (QED) is 0.491. The fourth-order valence-corrected chi connectivity index (χ4v) is 4.50. The summed E-state index contributed by atoms with van der Waals surface area (Å²) >= 11 is 0. The van der Waals surface area contributed by atoms with Crippen molar-refractivity contribution in [2.24, 2.45) is 5.73 Å². The molecule has 0 radical (unpaired) electrons. The molecule has 2 aliphatic heterocycles. The first kappa shape index (κ1) is 23.7. The van der Waals surface area contributed by atoms with Crippen LogP contribution >= 0.6 is 0 Å². The maximum Gasteiger partial charge on any atom is 0.252 e. The number of nitrogens with two attached hydrogens (primary N) is 1. The minimum atomic E-state index is -0.756. The molecule has 2 amide bonds. The number of pyridine rings is 1. The van der Waals surface area contributed by atoms with Gasteiger partial charge in [-0.2, -0.15) is 0 Å². The van der Waals surface area contributed by atoms with Gasteiger partial charge in [0.2, 0.25) is 5.91 Å². The molecule has 1 atom stereocenters. The molecule has 1 unspecified atom stereocenters. The highest BCUT2D eigenvalue weighted by molar-refractivity contribution is 5.98. The second-order valence-electron chi connectivity index (χ2n) is 8.82. The highest BCUT2D eigenvalue weighted by Gasteiger charge is 2.28.